The highest BCUT2D eigenvalue weighted by molar-refractivity contribution is 9.10. The number of nitrogens with zero attached hydrogens (tertiary/aromatic N) is 2. The molecule has 78 valence electrons. The molecule has 0 atom stereocenters. The minimum Gasteiger partial charge on any atom is -0.382 e. The lowest BCUT2D eigenvalue weighted by molar-refractivity contribution is 0.623. The molecular formula is C10H9BrFN3. The van der Waals surface area contributed by atoms with Gasteiger partial charge in [0.15, 0.2) is 0 Å². The molecule has 0 unspecified atom stereocenters. The van der Waals surface area contributed by atoms with Crippen LogP contribution >= 0.6 is 15.9 Å². The first kappa shape index (κ1) is 10.2. The number of anilines is 1. The summed E-state index contributed by atoms with van der Waals surface area (Å²) in [7, 11) is 0. The Morgan fingerprint density at radius 2 is 2.27 bits per heavy atom. The molecular weight excluding hydrogens is 261 g/mol. The summed E-state index contributed by atoms with van der Waals surface area (Å²) in [5.41, 5.74) is 6.34. The molecule has 0 fully saturated rings. The van der Waals surface area contributed by atoms with Crippen molar-refractivity contribution in [1.29, 1.82) is 0 Å². The Bertz CT molecular complexity index is 481. The van der Waals surface area contributed by atoms with Crippen molar-refractivity contribution in [3.05, 3.63) is 46.6 Å². The van der Waals surface area contributed by atoms with Gasteiger partial charge in [0.05, 0.1) is 6.33 Å². The van der Waals surface area contributed by atoms with Crippen molar-refractivity contribution in [2.24, 2.45) is 0 Å². The summed E-state index contributed by atoms with van der Waals surface area (Å²) in [5, 5.41) is 0. The number of aromatic nitrogens is 2. The van der Waals surface area contributed by atoms with Gasteiger partial charge in [0.1, 0.15) is 11.6 Å². The lowest BCUT2D eigenvalue weighted by Gasteiger charge is -2.05. The molecule has 2 N–H and O–H groups in total. The third kappa shape index (κ3) is 2.36. The maximum Gasteiger partial charge on any atom is 0.141 e. The predicted octanol–water partition coefficient (Wildman–Crippen LogP) is 2.42. The Labute approximate surface area is 94.9 Å². The highest BCUT2D eigenvalue weighted by atomic mass is 79.9. The van der Waals surface area contributed by atoms with Gasteiger partial charge in [-0.25, -0.2) is 9.37 Å². The molecule has 5 heteroatoms. The molecule has 3 nitrogen and oxygen atoms in total. The Morgan fingerprint density at radius 1 is 1.47 bits per heavy atom. The minimum atomic E-state index is -0.249. The van der Waals surface area contributed by atoms with E-state index in [1.54, 1.807) is 23.2 Å². The first-order chi connectivity index (χ1) is 7.15. The second-order valence-corrected chi connectivity index (χ2v) is 4.06. The number of halogens is 2. The van der Waals surface area contributed by atoms with Crippen LogP contribution in [0, 0.1) is 5.82 Å². The number of hydrogen-bond donors (Lipinski definition) is 1. The number of imidazole rings is 1. The lowest BCUT2D eigenvalue weighted by atomic mass is 10.2. The number of nitrogens with two attached hydrogens (primary N) is 1. The summed E-state index contributed by atoms with van der Waals surface area (Å²) in [6, 6.07) is 4.58. The van der Waals surface area contributed by atoms with E-state index in [0.29, 0.717) is 12.4 Å². The fourth-order valence-electron chi connectivity index (χ4n) is 1.33. The normalized spacial score (nSPS) is 10.5. The summed E-state index contributed by atoms with van der Waals surface area (Å²) >= 11 is 3.36. The second kappa shape index (κ2) is 4.02. The first-order valence-corrected chi connectivity index (χ1v) is 5.15. The molecule has 1 heterocycles. The van der Waals surface area contributed by atoms with Gasteiger partial charge in [0, 0.05) is 17.2 Å². The van der Waals surface area contributed by atoms with Crippen LogP contribution in [0.15, 0.2) is 35.2 Å². The molecule has 2 rings (SSSR count). The van der Waals surface area contributed by atoms with E-state index in [2.05, 4.69) is 20.9 Å². The number of nitrogen functional groups attached to an aromatic ring is 1. The third-order valence-corrected chi connectivity index (χ3v) is 2.79. The molecule has 0 aliphatic carbocycles. The van der Waals surface area contributed by atoms with Gasteiger partial charge in [-0.05, 0) is 23.8 Å². The van der Waals surface area contributed by atoms with Crippen LogP contribution in [0.4, 0.5) is 10.2 Å². The van der Waals surface area contributed by atoms with Gasteiger partial charge in [-0.15, -0.1) is 0 Å². The van der Waals surface area contributed by atoms with E-state index in [1.165, 1.54) is 12.1 Å². The Balaban J connectivity index is 2.27. The minimum absolute atomic E-state index is 0.249. The molecule has 0 saturated heterocycles. The first-order valence-electron chi connectivity index (χ1n) is 4.36. The maximum atomic E-state index is 13.0. The molecule has 0 amide bonds. The quantitative estimate of drug-likeness (QED) is 0.910. The molecule has 0 bridgehead atoms. The monoisotopic (exact) mass is 269 g/mol. The van der Waals surface area contributed by atoms with Crippen LogP contribution in [-0.2, 0) is 6.54 Å². The zero-order valence-corrected chi connectivity index (χ0v) is 9.41. The van der Waals surface area contributed by atoms with Crippen LogP contribution in [0.5, 0.6) is 0 Å². The van der Waals surface area contributed by atoms with Crippen LogP contribution in [-0.4, -0.2) is 9.55 Å². The van der Waals surface area contributed by atoms with Crippen molar-refractivity contribution in [3.8, 4) is 0 Å². The third-order valence-electron chi connectivity index (χ3n) is 2.01. The number of rotatable bonds is 2. The van der Waals surface area contributed by atoms with Crippen molar-refractivity contribution in [2.45, 2.75) is 6.54 Å². The van der Waals surface area contributed by atoms with Gasteiger partial charge in [-0.1, -0.05) is 15.9 Å². The molecule has 0 aliphatic heterocycles. The van der Waals surface area contributed by atoms with E-state index >= 15 is 0 Å². The van der Waals surface area contributed by atoms with Crippen molar-refractivity contribution in [2.75, 3.05) is 5.73 Å². The summed E-state index contributed by atoms with van der Waals surface area (Å²) in [4.78, 5) is 3.90. The van der Waals surface area contributed by atoms with Crippen LogP contribution in [0.25, 0.3) is 0 Å². The van der Waals surface area contributed by atoms with Crippen LogP contribution in [0.3, 0.4) is 0 Å². The van der Waals surface area contributed by atoms with Crippen molar-refractivity contribution < 1.29 is 4.39 Å². The Kier molecular flexibility index (Phi) is 2.73. The van der Waals surface area contributed by atoms with Crippen LogP contribution in [0.2, 0.25) is 0 Å². The van der Waals surface area contributed by atoms with E-state index in [9.17, 15) is 4.39 Å². The second-order valence-electron chi connectivity index (χ2n) is 3.21. The summed E-state index contributed by atoms with van der Waals surface area (Å²) in [6.45, 7) is 0.544. The number of hydrogen-bond acceptors (Lipinski definition) is 2. The number of benzene rings is 1. The molecule has 0 spiro atoms. The van der Waals surface area contributed by atoms with Gasteiger partial charge in [0.2, 0.25) is 0 Å². The summed E-state index contributed by atoms with van der Waals surface area (Å²) < 4.78 is 15.7. The molecule has 0 radical (unpaired) electrons. The predicted molar refractivity (Wildman–Crippen MR) is 59.8 cm³/mol. The molecule has 1 aromatic heterocycles. The van der Waals surface area contributed by atoms with Gasteiger partial charge in [-0.2, -0.15) is 0 Å². The Hall–Kier alpha value is -1.36. The van der Waals surface area contributed by atoms with Gasteiger partial charge in [0.25, 0.3) is 0 Å². The SMILES string of the molecule is Nc1cn(Cc2cc(F)ccc2Br)cn1. The average Bonchev–Trinajstić information content (AvgIpc) is 2.58. The van der Waals surface area contributed by atoms with Gasteiger partial charge in [-0.3, -0.25) is 0 Å². The van der Waals surface area contributed by atoms with Crippen molar-refractivity contribution in [1.82, 2.24) is 9.55 Å². The fourth-order valence-corrected chi connectivity index (χ4v) is 1.70. The van der Waals surface area contributed by atoms with E-state index < -0.39 is 0 Å². The molecule has 0 aliphatic rings. The smallest absolute Gasteiger partial charge is 0.141 e. The summed E-state index contributed by atoms with van der Waals surface area (Å²) in [6.07, 6.45) is 3.32. The fraction of sp³-hybridized carbons (Fsp3) is 0.100. The van der Waals surface area contributed by atoms with E-state index in [1.807, 2.05) is 0 Å². The van der Waals surface area contributed by atoms with Crippen LogP contribution in [0.1, 0.15) is 5.56 Å². The standard InChI is InChI=1S/C10H9BrFN3/c11-9-2-1-8(12)3-7(9)4-15-5-10(13)14-6-15/h1-3,5-6H,4,13H2. The van der Waals surface area contributed by atoms with Crippen LogP contribution < -0.4 is 5.73 Å². The van der Waals surface area contributed by atoms with E-state index in [-0.39, 0.29) is 5.82 Å². The van der Waals surface area contributed by atoms with Gasteiger partial charge >= 0.3 is 0 Å². The van der Waals surface area contributed by atoms with Gasteiger partial charge < -0.3 is 10.3 Å². The molecule has 2 aromatic rings. The zero-order chi connectivity index (χ0) is 10.8. The maximum absolute atomic E-state index is 13.0. The van der Waals surface area contributed by atoms with E-state index in [0.717, 1.165) is 10.0 Å². The lowest BCUT2D eigenvalue weighted by Crippen LogP contribution is -1.98. The average molecular weight is 270 g/mol. The topological polar surface area (TPSA) is 43.8 Å². The molecule has 1 aromatic carbocycles. The Morgan fingerprint density at radius 3 is 2.93 bits per heavy atom. The van der Waals surface area contributed by atoms with Crippen molar-refractivity contribution >= 4 is 21.7 Å². The molecule has 15 heavy (non-hydrogen) atoms. The zero-order valence-electron chi connectivity index (χ0n) is 7.82. The summed E-state index contributed by atoms with van der Waals surface area (Å²) in [5.74, 6) is 0.212. The highest BCUT2D eigenvalue weighted by Crippen LogP contribution is 2.19. The molecule has 0 saturated carbocycles. The van der Waals surface area contributed by atoms with Crippen molar-refractivity contribution in [3.63, 3.8) is 0 Å². The largest absolute Gasteiger partial charge is 0.382 e. The van der Waals surface area contributed by atoms with E-state index in [4.69, 9.17) is 5.73 Å². The highest BCUT2D eigenvalue weighted by Gasteiger charge is 2.03.